The average molecular weight is 347 g/mol. The number of aromatic nitrogens is 1. The standard InChI is InChI=1S/C17H19BrN2O/c1-13(12-15-4-2-3-5-16(15)18)20-17(21)7-6-14-8-10-19-11-9-14/h2-5,8-11,13H,6-7,12H2,1H3,(H,20,21)/t13-/m1/s1. The molecular weight excluding hydrogens is 328 g/mol. The van der Waals surface area contributed by atoms with Crippen LogP contribution in [0.4, 0.5) is 0 Å². The molecule has 0 aliphatic heterocycles. The molecule has 21 heavy (non-hydrogen) atoms. The van der Waals surface area contributed by atoms with Crippen molar-refractivity contribution in [2.24, 2.45) is 0 Å². The molecule has 110 valence electrons. The Balaban J connectivity index is 1.78. The molecule has 1 N–H and O–H groups in total. The Morgan fingerprint density at radius 3 is 2.67 bits per heavy atom. The number of hydrogen-bond donors (Lipinski definition) is 1. The van der Waals surface area contributed by atoms with Crippen LogP contribution in [-0.2, 0) is 17.6 Å². The summed E-state index contributed by atoms with van der Waals surface area (Å²) in [5.41, 5.74) is 2.35. The van der Waals surface area contributed by atoms with Crippen molar-refractivity contribution in [3.63, 3.8) is 0 Å². The molecule has 1 heterocycles. The zero-order valence-corrected chi connectivity index (χ0v) is 13.6. The molecule has 0 aliphatic carbocycles. The second-order valence-corrected chi connectivity index (χ2v) is 5.97. The molecule has 0 saturated carbocycles. The molecule has 4 heteroatoms. The van der Waals surface area contributed by atoms with Crippen LogP contribution in [0.25, 0.3) is 0 Å². The monoisotopic (exact) mass is 346 g/mol. The zero-order valence-electron chi connectivity index (χ0n) is 12.1. The molecule has 0 unspecified atom stereocenters. The van der Waals surface area contributed by atoms with E-state index in [1.54, 1.807) is 12.4 Å². The van der Waals surface area contributed by atoms with Gasteiger partial charge in [0, 0.05) is 29.3 Å². The molecule has 2 aromatic rings. The molecular formula is C17H19BrN2O. The van der Waals surface area contributed by atoms with Crippen LogP contribution >= 0.6 is 15.9 Å². The molecule has 0 fully saturated rings. The number of carbonyl (C=O) groups excluding carboxylic acids is 1. The number of benzene rings is 1. The highest BCUT2D eigenvalue weighted by atomic mass is 79.9. The largest absolute Gasteiger partial charge is 0.353 e. The van der Waals surface area contributed by atoms with Gasteiger partial charge in [0.25, 0.3) is 0 Å². The van der Waals surface area contributed by atoms with E-state index in [1.807, 2.05) is 37.3 Å². The summed E-state index contributed by atoms with van der Waals surface area (Å²) in [5, 5.41) is 3.05. The lowest BCUT2D eigenvalue weighted by molar-refractivity contribution is -0.121. The van der Waals surface area contributed by atoms with Gasteiger partial charge >= 0.3 is 0 Å². The normalized spacial score (nSPS) is 11.9. The number of rotatable bonds is 6. The summed E-state index contributed by atoms with van der Waals surface area (Å²) < 4.78 is 1.09. The third kappa shape index (κ3) is 5.31. The van der Waals surface area contributed by atoms with Crippen molar-refractivity contribution in [2.75, 3.05) is 0 Å². The number of nitrogens with one attached hydrogen (secondary N) is 1. The van der Waals surface area contributed by atoms with Gasteiger partial charge < -0.3 is 5.32 Å². The van der Waals surface area contributed by atoms with Crippen LogP contribution in [0.2, 0.25) is 0 Å². The lowest BCUT2D eigenvalue weighted by atomic mass is 10.1. The number of amides is 1. The maximum atomic E-state index is 12.0. The van der Waals surface area contributed by atoms with E-state index in [2.05, 4.69) is 32.3 Å². The minimum atomic E-state index is 0.0892. The van der Waals surface area contributed by atoms with Gasteiger partial charge in [0.1, 0.15) is 0 Å². The van der Waals surface area contributed by atoms with Crippen molar-refractivity contribution >= 4 is 21.8 Å². The predicted molar refractivity (Wildman–Crippen MR) is 88.0 cm³/mol. The van der Waals surface area contributed by atoms with E-state index < -0.39 is 0 Å². The van der Waals surface area contributed by atoms with Crippen LogP contribution in [0.1, 0.15) is 24.5 Å². The van der Waals surface area contributed by atoms with Crippen LogP contribution < -0.4 is 5.32 Å². The van der Waals surface area contributed by atoms with Gasteiger partial charge in [-0.05, 0) is 49.1 Å². The molecule has 0 radical (unpaired) electrons. The maximum Gasteiger partial charge on any atom is 0.220 e. The van der Waals surface area contributed by atoms with Crippen LogP contribution in [0.3, 0.4) is 0 Å². The summed E-state index contributed by atoms with van der Waals surface area (Å²) in [6.45, 7) is 2.03. The van der Waals surface area contributed by atoms with E-state index in [4.69, 9.17) is 0 Å². The first-order valence-electron chi connectivity index (χ1n) is 7.07. The SMILES string of the molecule is C[C@H](Cc1ccccc1Br)NC(=O)CCc1ccncc1. The lowest BCUT2D eigenvalue weighted by Crippen LogP contribution is -2.34. The summed E-state index contributed by atoms with van der Waals surface area (Å²) in [7, 11) is 0. The van der Waals surface area contributed by atoms with Gasteiger partial charge in [-0.2, -0.15) is 0 Å². The number of nitrogens with zero attached hydrogens (tertiary/aromatic N) is 1. The molecule has 2 rings (SSSR count). The van der Waals surface area contributed by atoms with Crippen LogP contribution in [-0.4, -0.2) is 16.9 Å². The molecule has 1 atom stereocenters. The van der Waals surface area contributed by atoms with Gasteiger partial charge in [0.15, 0.2) is 0 Å². The summed E-state index contributed by atoms with van der Waals surface area (Å²) in [6, 6.07) is 12.1. The highest BCUT2D eigenvalue weighted by molar-refractivity contribution is 9.10. The Hall–Kier alpha value is -1.68. The second kappa shape index (κ2) is 7.93. The Morgan fingerprint density at radius 2 is 1.95 bits per heavy atom. The Bertz CT molecular complexity index is 586. The zero-order chi connectivity index (χ0) is 15.1. The Labute approximate surface area is 133 Å². The fourth-order valence-corrected chi connectivity index (χ4v) is 2.65. The first-order valence-corrected chi connectivity index (χ1v) is 7.86. The smallest absolute Gasteiger partial charge is 0.220 e. The Kier molecular flexibility index (Phi) is 5.93. The minimum Gasteiger partial charge on any atom is -0.353 e. The maximum absolute atomic E-state index is 12.0. The fraction of sp³-hybridized carbons (Fsp3) is 0.294. The highest BCUT2D eigenvalue weighted by Gasteiger charge is 2.09. The molecule has 1 amide bonds. The predicted octanol–water partition coefficient (Wildman–Crippen LogP) is 3.52. The van der Waals surface area contributed by atoms with Gasteiger partial charge in [0.05, 0.1) is 0 Å². The fourth-order valence-electron chi connectivity index (χ4n) is 2.20. The van der Waals surface area contributed by atoms with Gasteiger partial charge in [-0.1, -0.05) is 34.1 Å². The molecule has 0 bridgehead atoms. The molecule has 1 aromatic heterocycles. The van der Waals surface area contributed by atoms with Gasteiger partial charge in [0.2, 0.25) is 5.91 Å². The third-order valence-corrected chi connectivity index (χ3v) is 4.06. The van der Waals surface area contributed by atoms with E-state index >= 15 is 0 Å². The van der Waals surface area contributed by atoms with E-state index in [9.17, 15) is 4.79 Å². The Morgan fingerprint density at radius 1 is 1.24 bits per heavy atom. The van der Waals surface area contributed by atoms with E-state index in [0.717, 1.165) is 22.9 Å². The van der Waals surface area contributed by atoms with Crippen LogP contribution in [0.15, 0.2) is 53.3 Å². The van der Waals surface area contributed by atoms with E-state index in [-0.39, 0.29) is 11.9 Å². The molecule has 0 spiro atoms. The van der Waals surface area contributed by atoms with Crippen molar-refractivity contribution < 1.29 is 4.79 Å². The van der Waals surface area contributed by atoms with Crippen molar-refractivity contribution in [2.45, 2.75) is 32.2 Å². The number of hydrogen-bond acceptors (Lipinski definition) is 2. The molecule has 3 nitrogen and oxygen atoms in total. The van der Waals surface area contributed by atoms with E-state index in [1.165, 1.54) is 5.56 Å². The number of pyridine rings is 1. The molecule has 0 aliphatic rings. The van der Waals surface area contributed by atoms with Gasteiger partial charge in [-0.25, -0.2) is 0 Å². The van der Waals surface area contributed by atoms with Crippen molar-refractivity contribution in [1.82, 2.24) is 10.3 Å². The highest BCUT2D eigenvalue weighted by Crippen LogP contribution is 2.17. The van der Waals surface area contributed by atoms with E-state index in [0.29, 0.717) is 6.42 Å². The quantitative estimate of drug-likeness (QED) is 0.869. The topological polar surface area (TPSA) is 42.0 Å². The average Bonchev–Trinajstić information content (AvgIpc) is 2.48. The second-order valence-electron chi connectivity index (χ2n) is 5.12. The summed E-state index contributed by atoms with van der Waals surface area (Å²) in [4.78, 5) is 15.9. The first-order chi connectivity index (χ1) is 10.1. The van der Waals surface area contributed by atoms with Crippen molar-refractivity contribution in [3.8, 4) is 0 Å². The van der Waals surface area contributed by atoms with Gasteiger partial charge in [-0.3, -0.25) is 9.78 Å². The van der Waals surface area contributed by atoms with Crippen molar-refractivity contribution in [1.29, 1.82) is 0 Å². The molecule has 0 saturated heterocycles. The van der Waals surface area contributed by atoms with Gasteiger partial charge in [-0.15, -0.1) is 0 Å². The number of halogens is 1. The summed E-state index contributed by atoms with van der Waals surface area (Å²) in [5.74, 6) is 0.0892. The third-order valence-electron chi connectivity index (χ3n) is 3.28. The number of carbonyl (C=O) groups is 1. The number of aryl methyl sites for hydroxylation is 1. The first kappa shape index (κ1) is 15.7. The van der Waals surface area contributed by atoms with Crippen LogP contribution in [0, 0.1) is 0 Å². The summed E-state index contributed by atoms with van der Waals surface area (Å²) in [6.07, 6.45) is 5.58. The summed E-state index contributed by atoms with van der Waals surface area (Å²) >= 11 is 3.53. The minimum absolute atomic E-state index is 0.0892. The van der Waals surface area contributed by atoms with Crippen LogP contribution in [0.5, 0.6) is 0 Å². The molecule has 1 aromatic carbocycles. The van der Waals surface area contributed by atoms with Crippen molar-refractivity contribution in [3.05, 3.63) is 64.4 Å². The lowest BCUT2D eigenvalue weighted by Gasteiger charge is -2.15.